The summed E-state index contributed by atoms with van der Waals surface area (Å²) in [7, 11) is 0. The zero-order valence-electron chi connectivity index (χ0n) is 17.9. The number of ether oxygens (including phenoxy) is 1. The number of β-amino-alcohol motifs (C(OH)–C–C–N with tert-alkyl or cyclic N) is 1. The molecule has 1 amide bonds. The Balaban J connectivity index is 1.47. The average Bonchev–Trinajstić information content (AvgIpc) is 3.11. The van der Waals surface area contributed by atoms with E-state index in [4.69, 9.17) is 9.15 Å². The van der Waals surface area contributed by atoms with Gasteiger partial charge in [-0.05, 0) is 68.1 Å². The van der Waals surface area contributed by atoms with Gasteiger partial charge in [-0.25, -0.2) is 4.79 Å². The number of rotatable bonds is 5. The largest absolute Gasteiger partial charge is 0.483 e. The lowest BCUT2D eigenvalue weighted by molar-refractivity contribution is -0.132. The smallest absolute Gasteiger partial charge is 0.339 e. The first-order chi connectivity index (χ1) is 14.8. The van der Waals surface area contributed by atoms with E-state index in [1.165, 1.54) is 0 Å². The molecule has 1 aliphatic heterocycles. The van der Waals surface area contributed by atoms with Gasteiger partial charge in [0.25, 0.3) is 5.91 Å². The highest BCUT2D eigenvalue weighted by Gasteiger charge is 2.34. The molecule has 2 aromatic heterocycles. The van der Waals surface area contributed by atoms with Gasteiger partial charge in [-0.3, -0.25) is 9.78 Å². The summed E-state index contributed by atoms with van der Waals surface area (Å²) in [5.41, 5.74) is 3.34. The highest BCUT2D eigenvalue weighted by Crippen LogP contribution is 2.31. The van der Waals surface area contributed by atoms with Crippen LogP contribution in [0.2, 0.25) is 0 Å². The lowest BCUT2D eigenvalue weighted by Crippen LogP contribution is -2.33. The van der Waals surface area contributed by atoms with Gasteiger partial charge in [0, 0.05) is 37.0 Å². The van der Waals surface area contributed by atoms with Gasteiger partial charge in [-0.2, -0.15) is 0 Å². The van der Waals surface area contributed by atoms with Gasteiger partial charge in [0.1, 0.15) is 11.3 Å². The number of aliphatic hydroxyl groups is 1. The second-order valence-corrected chi connectivity index (χ2v) is 8.25. The maximum atomic E-state index is 12.8. The molecule has 1 N–H and O–H groups in total. The van der Waals surface area contributed by atoms with Crippen LogP contribution >= 0.6 is 0 Å². The zero-order valence-corrected chi connectivity index (χ0v) is 17.9. The number of likely N-dealkylation sites (tertiary alicyclic amines) is 1. The summed E-state index contributed by atoms with van der Waals surface area (Å²) in [4.78, 5) is 30.5. The lowest BCUT2D eigenvalue weighted by atomic mass is 9.97. The third-order valence-electron chi connectivity index (χ3n) is 6.01. The minimum absolute atomic E-state index is 0.0229. The van der Waals surface area contributed by atoms with Crippen molar-refractivity contribution in [1.82, 2.24) is 9.88 Å². The van der Waals surface area contributed by atoms with Crippen molar-refractivity contribution in [3.63, 3.8) is 0 Å². The summed E-state index contributed by atoms with van der Waals surface area (Å²) in [6.45, 7) is 6.06. The first-order valence-corrected chi connectivity index (χ1v) is 10.4. The molecule has 0 aliphatic carbocycles. The van der Waals surface area contributed by atoms with E-state index in [2.05, 4.69) is 4.98 Å². The third kappa shape index (κ3) is 4.32. The molecule has 0 saturated carbocycles. The van der Waals surface area contributed by atoms with Crippen LogP contribution in [0.5, 0.6) is 5.75 Å². The monoisotopic (exact) mass is 422 g/mol. The molecule has 0 bridgehead atoms. The summed E-state index contributed by atoms with van der Waals surface area (Å²) in [5, 5.41) is 11.1. The molecule has 31 heavy (non-hydrogen) atoms. The van der Waals surface area contributed by atoms with Gasteiger partial charge in [0.2, 0.25) is 0 Å². The molecule has 1 saturated heterocycles. The van der Waals surface area contributed by atoms with E-state index in [-0.39, 0.29) is 24.1 Å². The number of amides is 1. The first-order valence-electron chi connectivity index (χ1n) is 10.4. The van der Waals surface area contributed by atoms with Crippen molar-refractivity contribution >= 4 is 16.9 Å². The fraction of sp³-hybridized carbons (Fsp3) is 0.375. The maximum absolute atomic E-state index is 12.8. The van der Waals surface area contributed by atoms with Crippen LogP contribution in [0.4, 0.5) is 0 Å². The fourth-order valence-electron chi connectivity index (χ4n) is 4.11. The Morgan fingerprint density at radius 3 is 2.68 bits per heavy atom. The number of hydrogen-bond acceptors (Lipinski definition) is 6. The SMILES string of the molecule is Cc1cc(OCC(=O)N2C[C@@H](Cc3ccncc3)[C@H](O)C2)c2c(C)c(C)c(=O)oc2c1. The van der Waals surface area contributed by atoms with E-state index in [1.807, 2.05) is 32.0 Å². The van der Waals surface area contributed by atoms with E-state index < -0.39 is 6.10 Å². The maximum Gasteiger partial charge on any atom is 0.339 e. The van der Waals surface area contributed by atoms with Crippen LogP contribution in [-0.2, 0) is 11.2 Å². The van der Waals surface area contributed by atoms with Gasteiger partial charge >= 0.3 is 5.63 Å². The van der Waals surface area contributed by atoms with Gasteiger partial charge in [-0.15, -0.1) is 0 Å². The summed E-state index contributed by atoms with van der Waals surface area (Å²) in [6, 6.07) is 7.48. The summed E-state index contributed by atoms with van der Waals surface area (Å²) < 4.78 is 11.3. The Morgan fingerprint density at radius 2 is 1.94 bits per heavy atom. The van der Waals surface area contributed by atoms with Crippen molar-refractivity contribution < 1.29 is 19.1 Å². The van der Waals surface area contributed by atoms with Crippen molar-refractivity contribution in [2.24, 2.45) is 5.92 Å². The number of aromatic nitrogens is 1. The number of benzene rings is 1. The molecule has 3 heterocycles. The Kier molecular flexibility index (Phi) is 5.78. The molecule has 0 spiro atoms. The van der Waals surface area contributed by atoms with Gasteiger partial charge < -0.3 is 19.2 Å². The molecule has 4 rings (SSSR count). The normalized spacial score (nSPS) is 18.5. The topological polar surface area (TPSA) is 92.9 Å². The van der Waals surface area contributed by atoms with Crippen molar-refractivity contribution in [3.8, 4) is 5.75 Å². The number of fused-ring (bicyclic) bond motifs is 1. The summed E-state index contributed by atoms with van der Waals surface area (Å²) in [5.74, 6) is 0.309. The highest BCUT2D eigenvalue weighted by molar-refractivity contribution is 5.88. The van der Waals surface area contributed by atoms with Crippen LogP contribution < -0.4 is 10.4 Å². The van der Waals surface area contributed by atoms with Crippen molar-refractivity contribution in [1.29, 1.82) is 0 Å². The molecule has 3 aromatic rings. The molecule has 7 heteroatoms. The lowest BCUT2D eigenvalue weighted by Gasteiger charge is -2.18. The van der Waals surface area contributed by atoms with Crippen LogP contribution in [-0.4, -0.2) is 46.7 Å². The van der Waals surface area contributed by atoms with Crippen LogP contribution in [0.3, 0.4) is 0 Å². The quantitative estimate of drug-likeness (QED) is 0.636. The number of hydrogen-bond donors (Lipinski definition) is 1. The summed E-state index contributed by atoms with van der Waals surface area (Å²) >= 11 is 0. The Bertz CT molecular complexity index is 1170. The molecule has 162 valence electrons. The van der Waals surface area contributed by atoms with Gasteiger partial charge in [-0.1, -0.05) is 0 Å². The number of aliphatic hydroxyl groups excluding tert-OH is 1. The van der Waals surface area contributed by atoms with Gasteiger partial charge in [0.15, 0.2) is 6.61 Å². The molecule has 2 atom stereocenters. The minimum atomic E-state index is -0.573. The van der Waals surface area contributed by atoms with E-state index in [0.717, 1.165) is 16.7 Å². The number of aryl methyl sites for hydroxylation is 2. The molecular weight excluding hydrogens is 396 g/mol. The number of carbonyl (C=O) groups excluding carboxylic acids is 1. The molecule has 7 nitrogen and oxygen atoms in total. The zero-order chi connectivity index (χ0) is 22.1. The van der Waals surface area contributed by atoms with Crippen molar-refractivity contribution in [2.75, 3.05) is 19.7 Å². The molecule has 1 aliphatic rings. The Morgan fingerprint density at radius 1 is 1.19 bits per heavy atom. The Labute approximate surface area is 180 Å². The standard InChI is InChI=1S/C24H26N2O5/c1-14-8-20(23-15(2)16(3)24(29)31-21(23)9-14)30-13-22(28)26-11-18(19(27)12-26)10-17-4-6-25-7-5-17/h4-9,18-19,27H,10-13H2,1-3H3/t18-,19-/m1/s1. The fourth-order valence-corrected chi connectivity index (χ4v) is 4.11. The van der Waals surface area contributed by atoms with Gasteiger partial charge in [0.05, 0.1) is 11.5 Å². The molecule has 1 aromatic carbocycles. The highest BCUT2D eigenvalue weighted by atomic mass is 16.5. The van der Waals surface area contributed by atoms with Crippen molar-refractivity contribution in [2.45, 2.75) is 33.3 Å². The average molecular weight is 422 g/mol. The molecule has 1 fully saturated rings. The number of nitrogens with zero attached hydrogens (tertiary/aromatic N) is 2. The number of carbonyl (C=O) groups is 1. The molecular formula is C24H26N2O5. The predicted molar refractivity (Wildman–Crippen MR) is 116 cm³/mol. The molecule has 0 unspecified atom stereocenters. The first kappa shape index (κ1) is 21.1. The third-order valence-corrected chi connectivity index (χ3v) is 6.01. The summed E-state index contributed by atoms with van der Waals surface area (Å²) in [6.07, 6.45) is 3.57. The van der Waals surface area contributed by atoms with E-state index in [9.17, 15) is 14.7 Å². The van der Waals surface area contributed by atoms with E-state index in [1.54, 1.807) is 30.3 Å². The second-order valence-electron chi connectivity index (χ2n) is 8.25. The van der Waals surface area contributed by atoms with Crippen molar-refractivity contribution in [3.05, 3.63) is 69.3 Å². The number of pyridine rings is 1. The predicted octanol–water partition coefficient (Wildman–Crippen LogP) is 2.55. The molecule has 0 radical (unpaired) electrons. The van der Waals surface area contributed by atoms with Crippen LogP contribution in [0.25, 0.3) is 11.0 Å². The van der Waals surface area contributed by atoms with E-state index in [0.29, 0.717) is 41.8 Å². The minimum Gasteiger partial charge on any atom is -0.483 e. The Hall–Kier alpha value is -3.19. The van der Waals surface area contributed by atoms with Crippen LogP contribution in [0, 0.1) is 26.7 Å². The van der Waals surface area contributed by atoms with E-state index >= 15 is 0 Å². The second kappa shape index (κ2) is 8.51. The van der Waals surface area contributed by atoms with Crippen LogP contribution in [0.15, 0.2) is 45.9 Å². The van der Waals surface area contributed by atoms with Crippen LogP contribution in [0.1, 0.15) is 22.3 Å².